The first-order valence-electron chi connectivity index (χ1n) is 9.41. The Labute approximate surface area is 164 Å². The lowest BCUT2D eigenvalue weighted by Gasteiger charge is -2.35. The molecule has 2 aliphatic heterocycles. The van der Waals surface area contributed by atoms with Crippen LogP contribution in [0.3, 0.4) is 0 Å². The summed E-state index contributed by atoms with van der Waals surface area (Å²) in [5.74, 6) is 0.935. The number of Topliss-reactive ketones (excluding diaryl/α,β-unsaturated/α-hetero) is 1. The predicted octanol–water partition coefficient (Wildman–Crippen LogP) is 4.01. The largest absolute Gasteiger partial charge is 0.492 e. The fourth-order valence-electron chi connectivity index (χ4n) is 3.98. The van der Waals surface area contributed by atoms with Crippen molar-refractivity contribution in [2.45, 2.75) is 19.3 Å². The highest BCUT2D eigenvalue weighted by molar-refractivity contribution is 6.30. The molecule has 0 saturated carbocycles. The van der Waals surface area contributed by atoms with Crippen molar-refractivity contribution in [2.75, 3.05) is 19.7 Å². The molecular formula is C22H22ClNO3. The third kappa shape index (κ3) is 3.86. The SMILES string of the molecule is O=C(c1ccccc1)C1CCN(C(=O)C2COc3ccc(Cl)cc3C2)CC1. The number of fused-ring (bicyclic) bond motifs is 1. The second kappa shape index (κ2) is 7.73. The van der Waals surface area contributed by atoms with Crippen molar-refractivity contribution in [3.8, 4) is 5.75 Å². The van der Waals surface area contributed by atoms with Crippen LogP contribution in [-0.4, -0.2) is 36.3 Å². The summed E-state index contributed by atoms with van der Waals surface area (Å²) in [5.41, 5.74) is 1.75. The molecule has 4 nitrogen and oxygen atoms in total. The van der Waals surface area contributed by atoms with Gasteiger partial charge in [0, 0.05) is 29.6 Å². The first-order chi connectivity index (χ1) is 13.1. The number of halogens is 1. The van der Waals surface area contributed by atoms with E-state index in [1.807, 2.05) is 47.4 Å². The predicted molar refractivity (Wildman–Crippen MR) is 104 cm³/mol. The monoisotopic (exact) mass is 383 g/mol. The maximum absolute atomic E-state index is 12.9. The molecule has 5 heteroatoms. The van der Waals surface area contributed by atoms with Crippen molar-refractivity contribution in [1.29, 1.82) is 0 Å². The van der Waals surface area contributed by atoms with Gasteiger partial charge < -0.3 is 9.64 Å². The number of nitrogens with zero attached hydrogens (tertiary/aromatic N) is 1. The Morgan fingerprint density at radius 3 is 2.48 bits per heavy atom. The Balaban J connectivity index is 1.36. The molecule has 1 unspecified atom stereocenters. The fourth-order valence-corrected chi connectivity index (χ4v) is 4.17. The van der Waals surface area contributed by atoms with Gasteiger partial charge in [-0.2, -0.15) is 0 Å². The van der Waals surface area contributed by atoms with Gasteiger partial charge in [-0.3, -0.25) is 9.59 Å². The van der Waals surface area contributed by atoms with Crippen LogP contribution < -0.4 is 4.74 Å². The average molecular weight is 384 g/mol. The highest BCUT2D eigenvalue weighted by Crippen LogP contribution is 2.31. The molecular weight excluding hydrogens is 362 g/mol. The van der Waals surface area contributed by atoms with Gasteiger partial charge in [-0.1, -0.05) is 41.9 Å². The van der Waals surface area contributed by atoms with Crippen molar-refractivity contribution in [3.63, 3.8) is 0 Å². The van der Waals surface area contributed by atoms with Crippen LogP contribution in [0.1, 0.15) is 28.8 Å². The zero-order valence-electron chi connectivity index (χ0n) is 15.1. The second-order valence-electron chi connectivity index (χ2n) is 7.29. The molecule has 2 aromatic rings. The molecule has 1 amide bonds. The molecule has 1 saturated heterocycles. The quantitative estimate of drug-likeness (QED) is 0.752. The van der Waals surface area contributed by atoms with Gasteiger partial charge in [-0.25, -0.2) is 0 Å². The summed E-state index contributed by atoms with van der Waals surface area (Å²) in [7, 11) is 0. The summed E-state index contributed by atoms with van der Waals surface area (Å²) in [6.45, 7) is 1.65. The Bertz CT molecular complexity index is 844. The lowest BCUT2D eigenvalue weighted by Crippen LogP contribution is -2.45. The van der Waals surface area contributed by atoms with Crippen molar-refractivity contribution >= 4 is 23.3 Å². The van der Waals surface area contributed by atoms with Crippen LogP contribution in [0.4, 0.5) is 0 Å². The Morgan fingerprint density at radius 1 is 1.00 bits per heavy atom. The summed E-state index contributed by atoms with van der Waals surface area (Å²) in [6, 6.07) is 15.0. The molecule has 0 bridgehead atoms. The van der Waals surface area contributed by atoms with Crippen LogP contribution in [0.2, 0.25) is 5.02 Å². The number of piperidine rings is 1. The van der Waals surface area contributed by atoms with Crippen molar-refractivity contribution in [1.82, 2.24) is 4.90 Å². The van der Waals surface area contributed by atoms with E-state index in [9.17, 15) is 9.59 Å². The molecule has 4 rings (SSSR count). The van der Waals surface area contributed by atoms with Crippen LogP contribution in [0.5, 0.6) is 5.75 Å². The summed E-state index contributed by atoms with van der Waals surface area (Å²) < 4.78 is 5.76. The second-order valence-corrected chi connectivity index (χ2v) is 7.73. The van der Waals surface area contributed by atoms with Gasteiger partial charge in [0.15, 0.2) is 5.78 Å². The van der Waals surface area contributed by atoms with Gasteiger partial charge in [0.05, 0.1) is 5.92 Å². The average Bonchev–Trinajstić information content (AvgIpc) is 2.73. The van der Waals surface area contributed by atoms with Gasteiger partial charge in [-0.15, -0.1) is 0 Å². The van der Waals surface area contributed by atoms with Crippen molar-refractivity contribution in [2.24, 2.45) is 11.8 Å². The van der Waals surface area contributed by atoms with Crippen molar-refractivity contribution in [3.05, 3.63) is 64.7 Å². The summed E-state index contributed by atoms with van der Waals surface area (Å²) in [5, 5.41) is 0.658. The first kappa shape index (κ1) is 18.1. The standard InChI is InChI=1S/C22H22ClNO3/c23-19-6-7-20-17(13-19)12-18(14-27-20)22(26)24-10-8-16(9-11-24)21(25)15-4-2-1-3-5-15/h1-7,13,16,18H,8-12,14H2. The first-order valence-corrected chi connectivity index (χ1v) is 9.79. The highest BCUT2D eigenvalue weighted by atomic mass is 35.5. The molecule has 2 aliphatic rings. The number of amides is 1. The van der Waals surface area contributed by atoms with Crippen LogP contribution in [0.15, 0.2) is 48.5 Å². The molecule has 1 atom stereocenters. The molecule has 140 valence electrons. The Kier molecular flexibility index (Phi) is 5.17. The number of ketones is 1. The third-order valence-corrected chi connectivity index (χ3v) is 5.75. The summed E-state index contributed by atoms with van der Waals surface area (Å²) in [6.07, 6.45) is 2.09. The van der Waals surface area contributed by atoms with Crippen LogP contribution in [0, 0.1) is 11.8 Å². The molecule has 27 heavy (non-hydrogen) atoms. The van der Waals surface area contributed by atoms with E-state index in [4.69, 9.17) is 16.3 Å². The lowest BCUT2D eigenvalue weighted by molar-refractivity contribution is -0.138. The minimum absolute atomic E-state index is 0.00131. The van der Waals surface area contributed by atoms with E-state index < -0.39 is 0 Å². The van der Waals surface area contributed by atoms with Gasteiger partial charge in [0.2, 0.25) is 5.91 Å². The molecule has 0 N–H and O–H groups in total. The van der Waals surface area contributed by atoms with Crippen LogP contribution >= 0.6 is 11.6 Å². The highest BCUT2D eigenvalue weighted by Gasteiger charge is 2.33. The van der Waals surface area contributed by atoms with Gasteiger partial charge in [0.25, 0.3) is 0 Å². The molecule has 0 aliphatic carbocycles. The molecule has 0 radical (unpaired) electrons. The van der Waals surface area contributed by atoms with E-state index in [2.05, 4.69) is 0 Å². The zero-order valence-corrected chi connectivity index (χ0v) is 15.8. The maximum Gasteiger partial charge on any atom is 0.229 e. The summed E-state index contributed by atoms with van der Waals surface area (Å²) >= 11 is 6.07. The molecule has 0 spiro atoms. The number of benzene rings is 2. The van der Waals surface area contributed by atoms with Gasteiger partial charge >= 0.3 is 0 Å². The Hall–Kier alpha value is -2.33. The van der Waals surface area contributed by atoms with E-state index in [1.54, 1.807) is 6.07 Å². The van der Waals surface area contributed by atoms with E-state index in [1.165, 1.54) is 0 Å². The smallest absolute Gasteiger partial charge is 0.229 e. The summed E-state index contributed by atoms with van der Waals surface area (Å²) in [4.78, 5) is 27.4. The number of likely N-dealkylation sites (tertiary alicyclic amines) is 1. The Morgan fingerprint density at radius 2 is 1.74 bits per heavy atom. The van der Waals surface area contributed by atoms with Gasteiger partial charge in [-0.05, 0) is 43.0 Å². The van der Waals surface area contributed by atoms with E-state index in [-0.39, 0.29) is 23.5 Å². The number of carbonyl (C=O) groups is 2. The number of hydrogen-bond acceptors (Lipinski definition) is 3. The van der Waals surface area contributed by atoms with E-state index >= 15 is 0 Å². The van der Waals surface area contributed by atoms with E-state index in [0.717, 1.165) is 29.7 Å². The number of carbonyl (C=O) groups excluding carboxylic acids is 2. The van der Waals surface area contributed by atoms with Crippen LogP contribution in [0.25, 0.3) is 0 Å². The number of rotatable bonds is 3. The molecule has 1 fully saturated rings. The maximum atomic E-state index is 12.9. The third-order valence-electron chi connectivity index (χ3n) is 5.51. The molecule has 2 aromatic carbocycles. The normalized spacial score (nSPS) is 19.9. The topological polar surface area (TPSA) is 46.6 Å². The minimum Gasteiger partial charge on any atom is -0.492 e. The van der Waals surface area contributed by atoms with Gasteiger partial charge in [0.1, 0.15) is 12.4 Å². The molecule has 2 heterocycles. The number of ether oxygens (including phenoxy) is 1. The van der Waals surface area contributed by atoms with Crippen molar-refractivity contribution < 1.29 is 14.3 Å². The number of hydrogen-bond donors (Lipinski definition) is 0. The van der Waals surface area contributed by atoms with Crippen LogP contribution in [-0.2, 0) is 11.2 Å². The van der Waals surface area contributed by atoms with E-state index in [0.29, 0.717) is 31.1 Å². The zero-order chi connectivity index (χ0) is 18.8. The minimum atomic E-state index is -0.183. The molecule has 0 aromatic heterocycles. The fraction of sp³-hybridized carbons (Fsp3) is 0.364. The lowest BCUT2D eigenvalue weighted by atomic mass is 9.88.